The van der Waals surface area contributed by atoms with Crippen LogP contribution in [0.4, 0.5) is 16.5 Å². The number of hydrogen-bond donors (Lipinski definition) is 0. The number of allylic oxidation sites excluding steroid dienone is 1. The molecule has 7 heteroatoms. The molecule has 1 aromatic carbocycles. The van der Waals surface area contributed by atoms with Gasteiger partial charge >= 0.3 is 0 Å². The van der Waals surface area contributed by atoms with E-state index in [-0.39, 0.29) is 22.8 Å². The van der Waals surface area contributed by atoms with Gasteiger partial charge < -0.3 is 0 Å². The Morgan fingerprint density at radius 1 is 0.806 bits per heavy atom. The van der Waals surface area contributed by atoms with E-state index in [9.17, 15) is 9.59 Å². The van der Waals surface area contributed by atoms with Crippen molar-refractivity contribution in [2.75, 3.05) is 4.90 Å². The van der Waals surface area contributed by atoms with Gasteiger partial charge in [-0.15, -0.1) is 11.3 Å². The molecule has 0 N–H and O–H groups in total. The molecule has 0 fully saturated rings. The fourth-order valence-corrected chi connectivity index (χ4v) is 5.77. The maximum atomic E-state index is 12.7. The number of nitrogens with zero attached hydrogens (tertiary/aromatic N) is 3. The van der Waals surface area contributed by atoms with Gasteiger partial charge in [0.2, 0.25) is 5.78 Å². The molecular weight excluding hydrogens is 426 g/mol. The minimum absolute atomic E-state index is 0.162. The van der Waals surface area contributed by atoms with Crippen LogP contribution in [-0.2, 0) is 0 Å². The van der Waals surface area contributed by atoms with Crippen molar-refractivity contribution < 1.29 is 9.59 Å². The van der Waals surface area contributed by atoms with Crippen LogP contribution in [-0.4, -0.2) is 21.5 Å². The summed E-state index contributed by atoms with van der Waals surface area (Å²) in [6, 6.07) is 19.5. The highest BCUT2D eigenvalue weighted by molar-refractivity contribution is 7.99. The average Bonchev–Trinajstić information content (AvgIpc) is 3.36. The van der Waals surface area contributed by atoms with E-state index in [1.54, 1.807) is 36.2 Å². The number of pyridine rings is 2. The summed E-state index contributed by atoms with van der Waals surface area (Å²) in [5.41, 5.74) is 1.82. The molecule has 0 saturated carbocycles. The number of benzene rings is 1. The molecule has 0 spiro atoms. The largest absolute Gasteiger partial charge is 0.288 e. The fraction of sp³-hybridized carbons (Fsp3) is 0. The van der Waals surface area contributed by atoms with E-state index in [0.29, 0.717) is 5.56 Å². The Bertz CT molecular complexity index is 1340. The van der Waals surface area contributed by atoms with Gasteiger partial charge in [0.05, 0.1) is 21.7 Å². The Hall–Kier alpha value is -3.55. The van der Waals surface area contributed by atoms with Gasteiger partial charge in [-0.25, -0.2) is 4.98 Å². The van der Waals surface area contributed by atoms with E-state index in [1.807, 2.05) is 30.3 Å². The highest BCUT2D eigenvalue weighted by atomic mass is 32.2. The second kappa shape index (κ2) is 7.01. The first kappa shape index (κ1) is 18.2. The number of Topliss-reactive ketones (excluding diaryl/α,β-unsaturated/α-hetero) is 2. The number of aromatic nitrogens is 2. The fourth-order valence-electron chi connectivity index (χ4n) is 3.77. The molecule has 2 aliphatic rings. The van der Waals surface area contributed by atoms with Gasteiger partial charge in [0.25, 0.3) is 0 Å². The van der Waals surface area contributed by atoms with Crippen molar-refractivity contribution in [2.24, 2.45) is 0 Å². The summed E-state index contributed by atoms with van der Waals surface area (Å²) in [7, 11) is 0. The lowest BCUT2D eigenvalue weighted by molar-refractivity contribution is 0.0989. The second-order valence-electron chi connectivity index (χ2n) is 7.02. The van der Waals surface area contributed by atoms with E-state index >= 15 is 0 Å². The van der Waals surface area contributed by atoms with Crippen LogP contribution in [0.3, 0.4) is 0 Å². The Morgan fingerprint density at radius 2 is 1.61 bits per heavy atom. The third-order valence-electron chi connectivity index (χ3n) is 5.16. The molecule has 0 radical (unpaired) electrons. The summed E-state index contributed by atoms with van der Waals surface area (Å²) < 4.78 is 0. The molecular formula is C24H13N3O2S2. The Kier molecular flexibility index (Phi) is 4.12. The summed E-state index contributed by atoms with van der Waals surface area (Å²) in [4.78, 5) is 39.3. The zero-order valence-corrected chi connectivity index (χ0v) is 17.6. The lowest BCUT2D eigenvalue weighted by Crippen LogP contribution is -2.14. The summed E-state index contributed by atoms with van der Waals surface area (Å²) >= 11 is 3.21. The van der Waals surface area contributed by atoms with E-state index in [0.717, 1.165) is 31.2 Å². The van der Waals surface area contributed by atoms with Gasteiger partial charge in [0.15, 0.2) is 11.6 Å². The maximum Gasteiger partial charge on any atom is 0.216 e. The van der Waals surface area contributed by atoms with Crippen molar-refractivity contribution in [1.82, 2.24) is 9.97 Å². The van der Waals surface area contributed by atoms with Crippen LogP contribution in [0, 0.1) is 0 Å². The first-order chi connectivity index (χ1) is 15.2. The molecule has 0 unspecified atom stereocenters. The predicted octanol–water partition coefficient (Wildman–Crippen LogP) is 5.94. The van der Waals surface area contributed by atoms with E-state index < -0.39 is 0 Å². The maximum absolute atomic E-state index is 12.7. The van der Waals surface area contributed by atoms with Gasteiger partial charge in [-0.2, -0.15) is 0 Å². The van der Waals surface area contributed by atoms with Crippen molar-refractivity contribution in [1.29, 1.82) is 0 Å². The quantitative estimate of drug-likeness (QED) is 0.251. The number of ketones is 2. The number of rotatable bonds is 2. The summed E-state index contributed by atoms with van der Waals surface area (Å²) in [5.74, 6) is 0.286. The molecule has 4 heterocycles. The Balaban J connectivity index is 1.43. The summed E-state index contributed by atoms with van der Waals surface area (Å²) in [5, 5.41) is 0.966. The number of anilines is 3. The van der Waals surface area contributed by atoms with Crippen molar-refractivity contribution in [3.05, 3.63) is 94.8 Å². The van der Waals surface area contributed by atoms with Crippen LogP contribution in [0.25, 0.3) is 6.08 Å². The SMILES string of the molecule is O=C1/C(=C\c2ccc(N3c4ccccc4Sc4cccnc43)s2)C(=O)c2ncccc21. The van der Waals surface area contributed by atoms with Crippen molar-refractivity contribution in [3.63, 3.8) is 0 Å². The van der Waals surface area contributed by atoms with Crippen molar-refractivity contribution in [3.8, 4) is 0 Å². The van der Waals surface area contributed by atoms with E-state index in [4.69, 9.17) is 0 Å². The highest BCUT2D eigenvalue weighted by Crippen LogP contribution is 2.51. The van der Waals surface area contributed by atoms with Crippen molar-refractivity contribution in [2.45, 2.75) is 9.79 Å². The number of para-hydroxylation sites is 1. The monoisotopic (exact) mass is 439 g/mol. The smallest absolute Gasteiger partial charge is 0.216 e. The zero-order chi connectivity index (χ0) is 20.9. The first-order valence-electron chi connectivity index (χ1n) is 9.59. The number of fused-ring (bicyclic) bond motifs is 3. The number of thiophene rings is 1. The van der Waals surface area contributed by atoms with E-state index in [2.05, 4.69) is 33.1 Å². The predicted molar refractivity (Wildman–Crippen MR) is 122 cm³/mol. The molecule has 0 bridgehead atoms. The lowest BCUT2D eigenvalue weighted by atomic mass is 10.1. The number of hydrogen-bond acceptors (Lipinski definition) is 7. The number of carbonyl (C=O) groups excluding carboxylic acids is 2. The zero-order valence-electron chi connectivity index (χ0n) is 16.0. The van der Waals surface area contributed by atoms with E-state index in [1.165, 1.54) is 17.5 Å². The molecule has 1 aliphatic heterocycles. The van der Waals surface area contributed by atoms with Crippen LogP contribution in [0.1, 0.15) is 25.7 Å². The normalized spacial score (nSPS) is 15.7. The molecule has 31 heavy (non-hydrogen) atoms. The van der Waals surface area contributed by atoms with Crippen LogP contribution < -0.4 is 4.90 Å². The average molecular weight is 440 g/mol. The Labute approximate surface area is 186 Å². The molecule has 6 rings (SSSR count). The minimum atomic E-state index is -0.317. The third-order valence-corrected chi connectivity index (χ3v) is 7.29. The van der Waals surface area contributed by atoms with Gasteiger partial charge in [-0.3, -0.25) is 19.5 Å². The van der Waals surface area contributed by atoms with Crippen molar-refractivity contribution >= 4 is 57.2 Å². The molecule has 148 valence electrons. The Morgan fingerprint density at radius 3 is 2.52 bits per heavy atom. The standard InChI is InChI=1S/C24H13N3O2S2/c28-22-15-5-3-11-25-21(15)23(29)16(22)13-14-9-10-20(30-14)27-17-6-1-2-7-18(17)31-19-8-4-12-26-24(19)27/h1-13H/b16-13+. The highest BCUT2D eigenvalue weighted by Gasteiger charge is 2.34. The topological polar surface area (TPSA) is 63.2 Å². The summed E-state index contributed by atoms with van der Waals surface area (Å²) in [6.45, 7) is 0. The van der Waals surface area contributed by atoms with Crippen LogP contribution >= 0.6 is 23.1 Å². The molecule has 0 saturated heterocycles. The second-order valence-corrected chi connectivity index (χ2v) is 9.20. The third kappa shape index (κ3) is 2.85. The summed E-state index contributed by atoms with van der Waals surface area (Å²) in [6.07, 6.45) is 4.99. The minimum Gasteiger partial charge on any atom is -0.288 e. The molecule has 3 aromatic heterocycles. The van der Waals surface area contributed by atoms with Gasteiger partial charge in [0.1, 0.15) is 10.7 Å². The first-order valence-corrected chi connectivity index (χ1v) is 11.2. The number of carbonyl (C=O) groups is 2. The van der Waals surface area contributed by atoms with Gasteiger partial charge in [-0.05, 0) is 54.6 Å². The molecule has 5 nitrogen and oxygen atoms in total. The van der Waals surface area contributed by atoms with Gasteiger partial charge in [0, 0.05) is 22.2 Å². The van der Waals surface area contributed by atoms with Gasteiger partial charge in [-0.1, -0.05) is 23.9 Å². The van der Waals surface area contributed by atoms with Crippen LogP contribution in [0.5, 0.6) is 0 Å². The van der Waals surface area contributed by atoms with Crippen LogP contribution in [0.2, 0.25) is 0 Å². The molecule has 0 amide bonds. The van der Waals surface area contributed by atoms with Crippen LogP contribution in [0.15, 0.2) is 88.4 Å². The molecule has 4 aromatic rings. The lowest BCUT2D eigenvalue weighted by Gasteiger charge is -2.30. The molecule has 1 aliphatic carbocycles. The molecule has 0 atom stereocenters.